The normalized spacial score (nSPS) is 14.6. The second-order valence-electron chi connectivity index (χ2n) is 26.9. The van der Waals surface area contributed by atoms with Gasteiger partial charge in [0.1, 0.15) is 19.3 Å². The number of aliphatic hydroxyl groups excluding tert-OH is 1. The summed E-state index contributed by atoms with van der Waals surface area (Å²) in [6.45, 7) is 14.0. The minimum absolute atomic E-state index is 0.101. The van der Waals surface area contributed by atoms with Crippen molar-refractivity contribution in [1.29, 1.82) is 0 Å². The molecule has 3 N–H and O–H groups in total. The van der Waals surface area contributed by atoms with Crippen molar-refractivity contribution in [3.05, 3.63) is 0 Å². The molecule has 0 aromatic heterocycles. The lowest BCUT2D eigenvalue weighted by atomic mass is 9.99. The smallest absolute Gasteiger partial charge is 0.462 e. The van der Waals surface area contributed by atoms with Crippen molar-refractivity contribution in [1.82, 2.24) is 0 Å². The summed E-state index contributed by atoms with van der Waals surface area (Å²) in [6.07, 6.45) is 41.9. The van der Waals surface area contributed by atoms with Crippen molar-refractivity contribution in [3.63, 3.8) is 0 Å². The van der Waals surface area contributed by atoms with Crippen LogP contribution in [0.2, 0.25) is 0 Å². The van der Waals surface area contributed by atoms with Gasteiger partial charge in [0.15, 0.2) is 12.2 Å². The highest BCUT2D eigenvalue weighted by Crippen LogP contribution is 2.45. The van der Waals surface area contributed by atoms with E-state index in [1.807, 2.05) is 0 Å². The highest BCUT2D eigenvalue weighted by Gasteiger charge is 2.30. The molecular formula is C70H136O17P2. The van der Waals surface area contributed by atoms with Gasteiger partial charge in [-0.05, 0) is 49.4 Å². The van der Waals surface area contributed by atoms with Crippen LogP contribution in [0.4, 0.5) is 0 Å². The molecule has 0 saturated carbocycles. The Morgan fingerprint density at radius 1 is 0.315 bits per heavy atom. The topological polar surface area (TPSA) is 237 Å². The van der Waals surface area contributed by atoms with Crippen LogP contribution in [0.15, 0.2) is 0 Å². The molecule has 0 heterocycles. The molecule has 89 heavy (non-hydrogen) atoms. The summed E-state index contributed by atoms with van der Waals surface area (Å²) < 4.78 is 68.2. The number of carbonyl (C=O) groups excluding carboxylic acids is 4. The number of phosphoric ester groups is 2. The van der Waals surface area contributed by atoms with Gasteiger partial charge in [-0.25, -0.2) is 9.13 Å². The van der Waals surface area contributed by atoms with E-state index in [1.165, 1.54) is 148 Å². The SMILES string of the molecule is CCC(C)CCCCCCCCCCC(=O)OC[C@H](COP(=O)(O)OCC(O)COP(=O)(O)OC[C@@H](COC(=O)CCCCCCCCCCC(C)C)OC(=O)CCCCCCCCC(C)C)OC(=O)CCCCCCCCCCCCCCCCC(C)C. The predicted molar refractivity (Wildman–Crippen MR) is 358 cm³/mol. The summed E-state index contributed by atoms with van der Waals surface area (Å²) in [5, 5.41) is 10.6. The Morgan fingerprint density at radius 2 is 0.539 bits per heavy atom. The third-order valence-electron chi connectivity index (χ3n) is 16.4. The Labute approximate surface area is 543 Å². The molecule has 0 aliphatic carbocycles. The van der Waals surface area contributed by atoms with Crippen molar-refractivity contribution in [3.8, 4) is 0 Å². The van der Waals surface area contributed by atoms with Crippen LogP contribution in [0.3, 0.4) is 0 Å². The van der Waals surface area contributed by atoms with Gasteiger partial charge in [0, 0.05) is 25.7 Å². The molecule has 4 unspecified atom stereocenters. The Kier molecular flexibility index (Phi) is 58.5. The van der Waals surface area contributed by atoms with Gasteiger partial charge < -0.3 is 33.8 Å². The van der Waals surface area contributed by atoms with Crippen LogP contribution < -0.4 is 0 Å². The van der Waals surface area contributed by atoms with E-state index in [4.69, 9.17) is 37.0 Å². The number of aliphatic hydroxyl groups is 1. The monoisotopic (exact) mass is 1310 g/mol. The minimum Gasteiger partial charge on any atom is -0.462 e. The van der Waals surface area contributed by atoms with Crippen LogP contribution in [0.1, 0.15) is 344 Å². The standard InChI is InChI=1S/C70H136O17P2/c1-9-63(8)49-41-33-24-19-21-26-35-43-51-68(73)80-56-65(86-69(74)52-44-36-27-17-15-13-11-10-12-14-16-22-30-38-46-60(2)3)58-84-88(76,77)82-54-64(71)55-83-89(78,79)85-59-66(87-70(75)53-45-37-29-28-32-40-48-62(6)7)57-81-67(72)50-42-34-25-20-18-23-31-39-47-61(4)5/h60-66,71H,9-59H2,1-8H3,(H,76,77)(H,78,79)/t63?,64?,65-,66-/m1/s1. The lowest BCUT2D eigenvalue weighted by molar-refractivity contribution is -0.161. The zero-order valence-corrected chi connectivity index (χ0v) is 59.8. The lowest BCUT2D eigenvalue weighted by Crippen LogP contribution is -2.30. The number of phosphoric acid groups is 2. The maximum atomic E-state index is 13.0. The van der Waals surface area contributed by atoms with E-state index in [9.17, 15) is 43.2 Å². The molecule has 0 rings (SSSR count). The molecule has 19 heteroatoms. The molecule has 0 aromatic rings. The number of unbranched alkanes of at least 4 members (excludes halogenated alkanes) is 32. The van der Waals surface area contributed by atoms with Crippen LogP contribution in [-0.4, -0.2) is 96.7 Å². The van der Waals surface area contributed by atoms with Gasteiger partial charge in [0.25, 0.3) is 0 Å². The number of ether oxygens (including phenoxy) is 4. The zero-order valence-electron chi connectivity index (χ0n) is 58.1. The van der Waals surface area contributed by atoms with Crippen LogP contribution in [0, 0.1) is 23.7 Å². The number of hydrogen-bond donors (Lipinski definition) is 3. The number of carbonyl (C=O) groups is 4. The van der Waals surface area contributed by atoms with E-state index < -0.39 is 97.5 Å². The molecule has 0 aliphatic rings. The van der Waals surface area contributed by atoms with E-state index >= 15 is 0 Å². The van der Waals surface area contributed by atoms with Crippen molar-refractivity contribution in [2.45, 2.75) is 363 Å². The molecule has 0 bridgehead atoms. The van der Waals surface area contributed by atoms with Crippen LogP contribution >= 0.6 is 15.6 Å². The lowest BCUT2D eigenvalue weighted by Gasteiger charge is -2.21. The Morgan fingerprint density at radius 3 is 0.798 bits per heavy atom. The average Bonchev–Trinajstić information content (AvgIpc) is 3.69. The maximum absolute atomic E-state index is 13.0. The second kappa shape index (κ2) is 59.8. The van der Waals surface area contributed by atoms with E-state index in [0.29, 0.717) is 31.6 Å². The van der Waals surface area contributed by atoms with Gasteiger partial charge in [-0.1, -0.05) is 293 Å². The number of esters is 4. The van der Waals surface area contributed by atoms with Crippen LogP contribution in [0.25, 0.3) is 0 Å². The summed E-state index contributed by atoms with van der Waals surface area (Å²) in [5.41, 5.74) is 0. The van der Waals surface area contributed by atoms with Crippen molar-refractivity contribution < 1.29 is 80.2 Å². The molecule has 0 radical (unpaired) electrons. The van der Waals surface area contributed by atoms with Crippen molar-refractivity contribution >= 4 is 39.5 Å². The zero-order chi connectivity index (χ0) is 66.1. The molecular weight excluding hydrogens is 1170 g/mol. The van der Waals surface area contributed by atoms with E-state index in [0.717, 1.165) is 108 Å². The molecule has 0 saturated heterocycles. The summed E-state index contributed by atoms with van der Waals surface area (Å²) >= 11 is 0. The highest BCUT2D eigenvalue weighted by atomic mass is 31.2. The quantitative estimate of drug-likeness (QED) is 0.0222. The summed E-state index contributed by atoms with van der Waals surface area (Å²) in [5.74, 6) is 0.834. The van der Waals surface area contributed by atoms with Gasteiger partial charge in [-0.3, -0.25) is 37.3 Å². The van der Waals surface area contributed by atoms with Gasteiger partial charge in [0.05, 0.1) is 26.4 Å². The predicted octanol–water partition coefficient (Wildman–Crippen LogP) is 19.7. The van der Waals surface area contributed by atoms with Gasteiger partial charge >= 0.3 is 39.5 Å². The molecule has 528 valence electrons. The van der Waals surface area contributed by atoms with Crippen molar-refractivity contribution in [2.24, 2.45) is 23.7 Å². The fourth-order valence-electron chi connectivity index (χ4n) is 10.5. The van der Waals surface area contributed by atoms with Crippen molar-refractivity contribution in [2.75, 3.05) is 39.6 Å². The highest BCUT2D eigenvalue weighted by molar-refractivity contribution is 7.47. The fourth-order valence-corrected chi connectivity index (χ4v) is 12.0. The number of hydrogen-bond acceptors (Lipinski definition) is 15. The minimum atomic E-state index is -4.95. The molecule has 0 aromatic carbocycles. The molecule has 0 amide bonds. The third kappa shape index (κ3) is 63.2. The van der Waals surface area contributed by atoms with Gasteiger partial charge in [-0.2, -0.15) is 0 Å². The van der Waals surface area contributed by atoms with Crippen LogP contribution in [0.5, 0.6) is 0 Å². The summed E-state index contributed by atoms with van der Waals surface area (Å²) in [6, 6.07) is 0. The Hall–Kier alpha value is -1.94. The van der Waals surface area contributed by atoms with E-state index in [2.05, 4.69) is 55.4 Å². The molecule has 17 nitrogen and oxygen atoms in total. The maximum Gasteiger partial charge on any atom is 0.472 e. The second-order valence-corrected chi connectivity index (χ2v) is 29.8. The summed E-state index contributed by atoms with van der Waals surface area (Å²) in [7, 11) is -9.90. The summed E-state index contributed by atoms with van der Waals surface area (Å²) in [4.78, 5) is 72.5. The first-order chi connectivity index (χ1) is 42.6. The van der Waals surface area contributed by atoms with Gasteiger partial charge in [0.2, 0.25) is 0 Å². The van der Waals surface area contributed by atoms with E-state index in [-0.39, 0.29) is 25.7 Å². The third-order valence-corrected chi connectivity index (χ3v) is 18.3. The fraction of sp³-hybridized carbons (Fsp3) is 0.943. The first-order valence-electron chi connectivity index (χ1n) is 36.2. The molecule has 0 spiro atoms. The molecule has 6 atom stereocenters. The van der Waals surface area contributed by atoms with E-state index in [1.54, 1.807) is 0 Å². The largest absolute Gasteiger partial charge is 0.472 e. The average molecular weight is 1310 g/mol. The molecule has 0 fully saturated rings. The Balaban J connectivity index is 5.23. The first kappa shape index (κ1) is 87.1. The Bertz CT molecular complexity index is 1770. The molecule has 0 aliphatic heterocycles. The number of rotatable bonds is 67. The van der Waals surface area contributed by atoms with Crippen LogP contribution in [-0.2, 0) is 65.4 Å². The first-order valence-corrected chi connectivity index (χ1v) is 39.2. The van der Waals surface area contributed by atoms with Gasteiger partial charge in [-0.15, -0.1) is 0 Å².